The molecular formula is C21H22N4O. The highest BCUT2D eigenvalue weighted by Crippen LogP contribution is 2.20. The minimum atomic E-state index is -0.199. The van der Waals surface area contributed by atoms with Crippen molar-refractivity contribution in [1.82, 2.24) is 15.3 Å². The minimum Gasteiger partial charge on any atom is -0.350 e. The summed E-state index contributed by atoms with van der Waals surface area (Å²) in [7, 11) is 0. The Balaban J connectivity index is 1.62. The van der Waals surface area contributed by atoms with E-state index in [1.54, 1.807) is 6.07 Å². The fourth-order valence-corrected chi connectivity index (χ4v) is 2.69. The number of benzene rings is 2. The van der Waals surface area contributed by atoms with E-state index in [4.69, 9.17) is 0 Å². The van der Waals surface area contributed by atoms with Crippen molar-refractivity contribution < 1.29 is 4.79 Å². The zero-order valence-electron chi connectivity index (χ0n) is 14.8. The van der Waals surface area contributed by atoms with Crippen molar-refractivity contribution in [2.75, 3.05) is 11.9 Å². The maximum absolute atomic E-state index is 12.3. The first-order valence-corrected chi connectivity index (χ1v) is 8.75. The standard InChI is InChI=1S/C21H22N4O/c1-2-17-10-6-7-11-18(17)25-20-14-19(23-15-24-20)21(26)22-13-12-16-8-4-3-5-9-16/h3-11,14-15H,2,12-13H2,1H3,(H,22,26)(H,23,24,25). The monoisotopic (exact) mass is 346 g/mol. The summed E-state index contributed by atoms with van der Waals surface area (Å²) in [6.07, 6.45) is 3.11. The van der Waals surface area contributed by atoms with Gasteiger partial charge in [-0.2, -0.15) is 0 Å². The summed E-state index contributed by atoms with van der Waals surface area (Å²) in [6, 6.07) is 19.8. The van der Waals surface area contributed by atoms with Gasteiger partial charge in [-0.1, -0.05) is 55.5 Å². The van der Waals surface area contributed by atoms with E-state index in [-0.39, 0.29) is 5.91 Å². The molecule has 0 aliphatic carbocycles. The minimum absolute atomic E-state index is 0.199. The van der Waals surface area contributed by atoms with Crippen LogP contribution < -0.4 is 10.6 Å². The second-order valence-corrected chi connectivity index (χ2v) is 5.92. The Hall–Kier alpha value is -3.21. The van der Waals surface area contributed by atoms with Gasteiger partial charge in [0.15, 0.2) is 0 Å². The van der Waals surface area contributed by atoms with Crippen LogP contribution in [0.3, 0.4) is 0 Å². The Kier molecular flexibility index (Phi) is 5.93. The number of carbonyl (C=O) groups excluding carboxylic acids is 1. The molecule has 0 atom stereocenters. The Morgan fingerprint density at radius 3 is 2.58 bits per heavy atom. The van der Waals surface area contributed by atoms with Crippen molar-refractivity contribution in [2.24, 2.45) is 0 Å². The second kappa shape index (κ2) is 8.76. The molecule has 2 N–H and O–H groups in total. The van der Waals surface area contributed by atoms with Gasteiger partial charge < -0.3 is 10.6 Å². The molecule has 0 saturated carbocycles. The van der Waals surface area contributed by atoms with Gasteiger partial charge in [-0.05, 0) is 30.0 Å². The number of hydrogen-bond acceptors (Lipinski definition) is 4. The van der Waals surface area contributed by atoms with Crippen LogP contribution in [0, 0.1) is 0 Å². The SMILES string of the molecule is CCc1ccccc1Nc1cc(C(=O)NCCc2ccccc2)ncn1. The zero-order chi connectivity index (χ0) is 18.2. The molecule has 0 spiro atoms. The van der Waals surface area contributed by atoms with Crippen molar-refractivity contribution in [3.05, 3.63) is 83.8 Å². The highest BCUT2D eigenvalue weighted by molar-refractivity contribution is 5.93. The fourth-order valence-electron chi connectivity index (χ4n) is 2.69. The van der Waals surface area contributed by atoms with Crippen molar-refractivity contribution in [3.8, 4) is 0 Å². The van der Waals surface area contributed by atoms with Crippen LogP contribution in [0.2, 0.25) is 0 Å². The highest BCUT2D eigenvalue weighted by atomic mass is 16.1. The zero-order valence-corrected chi connectivity index (χ0v) is 14.8. The molecule has 5 nitrogen and oxygen atoms in total. The molecule has 1 amide bonds. The van der Waals surface area contributed by atoms with E-state index in [0.717, 1.165) is 18.5 Å². The van der Waals surface area contributed by atoms with Gasteiger partial charge in [-0.3, -0.25) is 4.79 Å². The van der Waals surface area contributed by atoms with Crippen LogP contribution in [0.1, 0.15) is 28.5 Å². The van der Waals surface area contributed by atoms with Gasteiger partial charge in [0.25, 0.3) is 5.91 Å². The predicted octanol–water partition coefficient (Wildman–Crippen LogP) is 3.76. The van der Waals surface area contributed by atoms with E-state index >= 15 is 0 Å². The number of aromatic nitrogens is 2. The normalized spacial score (nSPS) is 10.3. The number of para-hydroxylation sites is 1. The molecule has 0 saturated heterocycles. The first-order chi connectivity index (χ1) is 12.8. The Morgan fingerprint density at radius 1 is 1.00 bits per heavy atom. The smallest absolute Gasteiger partial charge is 0.270 e. The van der Waals surface area contributed by atoms with E-state index in [2.05, 4.69) is 33.6 Å². The van der Waals surface area contributed by atoms with Crippen LogP contribution in [0.15, 0.2) is 67.0 Å². The largest absolute Gasteiger partial charge is 0.350 e. The van der Waals surface area contributed by atoms with Gasteiger partial charge in [-0.15, -0.1) is 0 Å². The maximum Gasteiger partial charge on any atom is 0.270 e. The summed E-state index contributed by atoms with van der Waals surface area (Å²) in [5, 5.41) is 6.17. The van der Waals surface area contributed by atoms with Crippen LogP contribution in [-0.4, -0.2) is 22.4 Å². The van der Waals surface area contributed by atoms with Crippen molar-refractivity contribution in [3.63, 3.8) is 0 Å². The third-order valence-electron chi connectivity index (χ3n) is 4.10. The number of hydrogen-bond donors (Lipinski definition) is 2. The molecule has 132 valence electrons. The van der Waals surface area contributed by atoms with Gasteiger partial charge in [0, 0.05) is 18.3 Å². The lowest BCUT2D eigenvalue weighted by Crippen LogP contribution is -2.26. The molecule has 0 bridgehead atoms. The van der Waals surface area contributed by atoms with Crippen LogP contribution in [0.4, 0.5) is 11.5 Å². The number of nitrogens with one attached hydrogen (secondary N) is 2. The van der Waals surface area contributed by atoms with Crippen LogP contribution in [0.5, 0.6) is 0 Å². The molecule has 3 aromatic rings. The number of rotatable bonds is 7. The van der Waals surface area contributed by atoms with E-state index in [1.165, 1.54) is 17.5 Å². The summed E-state index contributed by atoms with van der Waals surface area (Å²) in [6.45, 7) is 2.67. The lowest BCUT2D eigenvalue weighted by Gasteiger charge is -2.11. The second-order valence-electron chi connectivity index (χ2n) is 5.92. The summed E-state index contributed by atoms with van der Waals surface area (Å²) in [5.41, 5.74) is 3.72. The number of nitrogens with zero attached hydrogens (tertiary/aromatic N) is 2. The van der Waals surface area contributed by atoms with E-state index in [9.17, 15) is 4.79 Å². The lowest BCUT2D eigenvalue weighted by molar-refractivity contribution is 0.0949. The molecule has 0 aliphatic rings. The van der Waals surface area contributed by atoms with Crippen molar-refractivity contribution in [1.29, 1.82) is 0 Å². The van der Waals surface area contributed by atoms with Crippen molar-refractivity contribution >= 4 is 17.4 Å². The molecule has 0 fully saturated rings. The van der Waals surface area contributed by atoms with Gasteiger partial charge in [0.05, 0.1) is 0 Å². The van der Waals surface area contributed by atoms with Gasteiger partial charge in [0.1, 0.15) is 17.8 Å². The summed E-state index contributed by atoms with van der Waals surface area (Å²) in [5.74, 6) is 0.407. The first kappa shape index (κ1) is 17.6. The molecule has 26 heavy (non-hydrogen) atoms. The Labute approximate surface area is 153 Å². The van der Waals surface area contributed by atoms with E-state index < -0.39 is 0 Å². The molecule has 2 aromatic carbocycles. The maximum atomic E-state index is 12.3. The predicted molar refractivity (Wildman–Crippen MR) is 104 cm³/mol. The summed E-state index contributed by atoms with van der Waals surface area (Å²) >= 11 is 0. The molecule has 1 heterocycles. The van der Waals surface area contributed by atoms with E-state index in [0.29, 0.717) is 18.1 Å². The molecular weight excluding hydrogens is 324 g/mol. The van der Waals surface area contributed by atoms with E-state index in [1.807, 2.05) is 48.5 Å². The molecule has 5 heteroatoms. The van der Waals surface area contributed by atoms with Crippen LogP contribution >= 0.6 is 0 Å². The average molecular weight is 346 g/mol. The average Bonchev–Trinajstić information content (AvgIpc) is 2.69. The fraction of sp³-hybridized carbons (Fsp3) is 0.190. The van der Waals surface area contributed by atoms with Crippen LogP contribution in [0.25, 0.3) is 0 Å². The molecule has 0 unspecified atom stereocenters. The number of aryl methyl sites for hydroxylation is 1. The third-order valence-corrected chi connectivity index (χ3v) is 4.10. The summed E-state index contributed by atoms with van der Waals surface area (Å²) in [4.78, 5) is 20.6. The van der Waals surface area contributed by atoms with Crippen molar-refractivity contribution in [2.45, 2.75) is 19.8 Å². The number of anilines is 2. The highest BCUT2D eigenvalue weighted by Gasteiger charge is 2.09. The van der Waals surface area contributed by atoms with Gasteiger partial charge in [0.2, 0.25) is 0 Å². The van der Waals surface area contributed by atoms with Gasteiger partial charge in [-0.25, -0.2) is 9.97 Å². The quantitative estimate of drug-likeness (QED) is 0.684. The van der Waals surface area contributed by atoms with Gasteiger partial charge >= 0.3 is 0 Å². The molecule has 1 aromatic heterocycles. The topological polar surface area (TPSA) is 66.9 Å². The summed E-state index contributed by atoms with van der Waals surface area (Å²) < 4.78 is 0. The Morgan fingerprint density at radius 2 is 1.77 bits per heavy atom. The van der Waals surface area contributed by atoms with Crippen LogP contribution in [-0.2, 0) is 12.8 Å². The number of amides is 1. The molecule has 0 aliphatic heterocycles. The number of carbonyl (C=O) groups is 1. The third kappa shape index (κ3) is 4.66. The molecule has 0 radical (unpaired) electrons. The lowest BCUT2D eigenvalue weighted by atomic mass is 10.1. The first-order valence-electron chi connectivity index (χ1n) is 8.75. The Bertz CT molecular complexity index is 865. The molecule has 3 rings (SSSR count).